The lowest BCUT2D eigenvalue weighted by molar-refractivity contribution is -0.0731. The number of ketones is 1. The lowest BCUT2D eigenvalue weighted by Gasteiger charge is -2.45. The second-order valence-electron chi connectivity index (χ2n) is 15.4. The van der Waals surface area contributed by atoms with E-state index >= 15 is 0 Å². The molecule has 0 amide bonds. The van der Waals surface area contributed by atoms with Crippen molar-refractivity contribution in [2.24, 2.45) is 5.41 Å². The maximum absolute atomic E-state index is 14.9. The third kappa shape index (κ3) is 8.20. The lowest BCUT2D eigenvalue weighted by atomic mass is 9.64. The molecule has 4 aromatic rings. The molecule has 4 atom stereocenters. The number of benzene rings is 4. The van der Waals surface area contributed by atoms with Crippen molar-refractivity contribution in [2.75, 3.05) is 27.0 Å². The molecule has 0 unspecified atom stereocenters. The van der Waals surface area contributed by atoms with Crippen LogP contribution in [0.1, 0.15) is 90.9 Å². The van der Waals surface area contributed by atoms with Gasteiger partial charge in [-0.15, -0.1) is 0 Å². The summed E-state index contributed by atoms with van der Waals surface area (Å²) in [5, 5.41) is 24.0. The summed E-state index contributed by atoms with van der Waals surface area (Å²) in [4.78, 5) is 14.9. The summed E-state index contributed by atoms with van der Waals surface area (Å²) in [5.74, 6) is 0.698. The van der Waals surface area contributed by atoms with Crippen LogP contribution >= 0.6 is 0 Å². The molecule has 286 valence electrons. The van der Waals surface area contributed by atoms with E-state index in [1.165, 1.54) is 23.2 Å². The third-order valence-corrected chi connectivity index (χ3v) is 13.1. The lowest BCUT2D eigenvalue weighted by Crippen LogP contribution is -2.53. The van der Waals surface area contributed by atoms with Crippen LogP contribution in [0.3, 0.4) is 0 Å². The Morgan fingerprint density at radius 3 is 2.37 bits per heavy atom. The molecule has 0 spiro atoms. The van der Waals surface area contributed by atoms with E-state index < -0.39 is 27.1 Å². The molecule has 0 aromatic heterocycles. The number of hydrogen-bond donors (Lipinski definition) is 2. The minimum absolute atomic E-state index is 0.00506. The zero-order chi connectivity index (χ0) is 38.7. The van der Waals surface area contributed by atoms with E-state index in [9.17, 15) is 23.4 Å². The predicted octanol–water partition coefficient (Wildman–Crippen LogP) is 8.10. The molecule has 7 rings (SSSR count). The number of methoxy groups -OCH3 is 2. The summed E-state index contributed by atoms with van der Waals surface area (Å²) in [6, 6.07) is 28.7. The summed E-state index contributed by atoms with van der Waals surface area (Å²) in [6.45, 7) is 4.02. The van der Waals surface area contributed by atoms with Gasteiger partial charge in [0, 0.05) is 41.3 Å². The van der Waals surface area contributed by atoms with Crippen molar-refractivity contribution in [1.82, 2.24) is 4.31 Å². The molecule has 0 radical (unpaired) electrons. The first-order valence-electron chi connectivity index (χ1n) is 18.8. The van der Waals surface area contributed by atoms with Gasteiger partial charge in [-0.3, -0.25) is 4.79 Å². The van der Waals surface area contributed by atoms with Gasteiger partial charge in [0.2, 0.25) is 10.0 Å². The van der Waals surface area contributed by atoms with E-state index in [-0.39, 0.29) is 24.8 Å². The van der Waals surface area contributed by atoms with Crippen LogP contribution in [0.4, 0.5) is 0 Å². The maximum Gasteiger partial charge on any atom is 0.211 e. The number of carbonyl (C=O) groups is 1. The molecule has 1 fully saturated rings. The van der Waals surface area contributed by atoms with Gasteiger partial charge in [0.05, 0.1) is 32.2 Å². The van der Waals surface area contributed by atoms with E-state index in [1.54, 1.807) is 25.3 Å². The summed E-state index contributed by atoms with van der Waals surface area (Å²) in [5.41, 5.74) is 4.16. The highest BCUT2D eigenvalue weighted by Crippen LogP contribution is 2.59. The van der Waals surface area contributed by atoms with Crippen molar-refractivity contribution in [3.05, 3.63) is 130 Å². The van der Waals surface area contributed by atoms with Crippen LogP contribution < -0.4 is 9.47 Å². The average molecular weight is 752 g/mol. The third-order valence-electron chi connectivity index (χ3n) is 11.9. The Balaban J connectivity index is 1.46. The first kappa shape index (κ1) is 39.4. The van der Waals surface area contributed by atoms with Crippen LogP contribution in [0, 0.1) is 5.41 Å². The molecule has 2 bridgehead atoms. The molecule has 4 aromatic carbocycles. The van der Waals surface area contributed by atoms with Crippen molar-refractivity contribution in [3.8, 4) is 22.6 Å². The van der Waals surface area contributed by atoms with Crippen LogP contribution in [0.15, 0.2) is 103 Å². The molecule has 3 aliphatic rings. The number of ether oxygens (including phenoxy) is 2. The molecule has 54 heavy (non-hydrogen) atoms. The average Bonchev–Trinajstić information content (AvgIpc) is 3.41. The highest BCUT2D eigenvalue weighted by Gasteiger charge is 2.58. The minimum atomic E-state index is -3.80. The second-order valence-corrected chi connectivity index (χ2v) is 17.4. The Morgan fingerprint density at radius 1 is 0.907 bits per heavy atom. The fourth-order valence-corrected chi connectivity index (χ4v) is 9.47. The van der Waals surface area contributed by atoms with Gasteiger partial charge in [0.15, 0.2) is 5.78 Å². The number of sulfonamides is 1. The van der Waals surface area contributed by atoms with Crippen LogP contribution in [-0.2, 0) is 23.0 Å². The van der Waals surface area contributed by atoms with Gasteiger partial charge in [-0.05, 0) is 92.2 Å². The normalized spacial score (nSPS) is 23.4. The number of rotatable bonds is 10. The number of carbonyl (C=O) groups excluding carboxylic acids is 1. The van der Waals surface area contributed by atoms with Crippen molar-refractivity contribution in [3.63, 3.8) is 0 Å². The molecule has 3 aliphatic carbocycles. The number of allylic oxidation sites excluding steroid dienone is 2. The topological polar surface area (TPSA) is 113 Å². The second kappa shape index (κ2) is 16.2. The molecule has 9 heteroatoms. The van der Waals surface area contributed by atoms with Crippen molar-refractivity contribution >= 4 is 15.8 Å². The Bertz CT molecular complexity index is 2110. The standard InChI is InChI=1S/C45H53NO7S/c1-31-12-11-24-44(2)41(23-25-45(44,49)30-46(54(5,50)51)29-34-19-21-36(52-3)28-42(34)53-4)38-22-18-32(26-35(47)20-17-31)27-40(38)43(48)39-16-10-9-15-37(39)33-13-7-6-8-14-33/h6-10,12-16,18-19,21-22,27-28,35,41,47,49H,11,17,20,23-26,29-30H2,1-5H3/t35-,41-,44-,45+/m0/s1. The number of hydrogen-bond acceptors (Lipinski definition) is 7. The smallest absolute Gasteiger partial charge is 0.211 e. The number of aliphatic hydroxyl groups excluding tert-OH is 1. The highest BCUT2D eigenvalue weighted by molar-refractivity contribution is 7.88. The minimum Gasteiger partial charge on any atom is -0.497 e. The quantitative estimate of drug-likeness (QED) is 0.124. The number of aliphatic hydroxyl groups is 2. The molecule has 8 nitrogen and oxygen atoms in total. The van der Waals surface area contributed by atoms with Crippen LogP contribution in [0.25, 0.3) is 11.1 Å². The first-order valence-corrected chi connectivity index (χ1v) is 20.7. The SMILES string of the molecule is COc1ccc(CN(C[C@]2(O)CC[C@H]3c4ccc(cc4C(=O)c4ccccc4-c4ccccc4)C[C@@H](O)CCC(C)=CCC[C@@]32C)S(C)(=O)=O)c(OC)c1. The Hall–Kier alpha value is -4.28. The molecular formula is C45H53NO7S. The molecular weight excluding hydrogens is 699 g/mol. The van der Waals surface area contributed by atoms with Gasteiger partial charge in [-0.25, -0.2) is 8.42 Å². The molecule has 0 heterocycles. The molecule has 0 saturated heterocycles. The van der Waals surface area contributed by atoms with E-state index in [0.717, 1.165) is 28.7 Å². The fourth-order valence-electron chi connectivity index (χ4n) is 8.65. The Morgan fingerprint density at radius 2 is 1.65 bits per heavy atom. The van der Waals surface area contributed by atoms with Crippen LogP contribution in [0.5, 0.6) is 11.5 Å². The van der Waals surface area contributed by atoms with E-state index in [0.29, 0.717) is 66.7 Å². The summed E-state index contributed by atoms with van der Waals surface area (Å²) in [6.07, 6.45) is 6.65. The molecule has 1 saturated carbocycles. The fraction of sp³-hybridized carbons (Fsp3) is 0.400. The van der Waals surface area contributed by atoms with Crippen LogP contribution in [0.2, 0.25) is 0 Å². The maximum atomic E-state index is 14.9. The van der Waals surface area contributed by atoms with E-state index in [2.05, 4.69) is 19.9 Å². The van der Waals surface area contributed by atoms with Gasteiger partial charge in [-0.2, -0.15) is 4.31 Å². The summed E-state index contributed by atoms with van der Waals surface area (Å²) < 4.78 is 39.4. The zero-order valence-electron chi connectivity index (χ0n) is 32.0. The first-order chi connectivity index (χ1) is 25.8. The van der Waals surface area contributed by atoms with Crippen molar-refractivity contribution < 1.29 is 32.9 Å². The Kier molecular flexibility index (Phi) is 11.8. The highest BCUT2D eigenvalue weighted by atomic mass is 32.2. The summed E-state index contributed by atoms with van der Waals surface area (Å²) in [7, 11) is -0.703. The van der Waals surface area contributed by atoms with Crippen molar-refractivity contribution in [1.29, 1.82) is 0 Å². The monoisotopic (exact) mass is 751 g/mol. The molecule has 0 aliphatic heterocycles. The summed E-state index contributed by atoms with van der Waals surface area (Å²) >= 11 is 0. The van der Waals surface area contributed by atoms with Gasteiger partial charge < -0.3 is 19.7 Å². The molecule has 2 N–H and O–H groups in total. The van der Waals surface area contributed by atoms with Gasteiger partial charge in [0.25, 0.3) is 0 Å². The van der Waals surface area contributed by atoms with Gasteiger partial charge in [-0.1, -0.05) is 91.4 Å². The van der Waals surface area contributed by atoms with Crippen molar-refractivity contribution in [2.45, 2.75) is 83.0 Å². The van der Waals surface area contributed by atoms with E-state index in [4.69, 9.17) is 9.47 Å². The largest absolute Gasteiger partial charge is 0.497 e. The predicted molar refractivity (Wildman–Crippen MR) is 214 cm³/mol. The Labute approximate surface area is 320 Å². The zero-order valence-corrected chi connectivity index (χ0v) is 32.9. The van der Waals surface area contributed by atoms with Gasteiger partial charge in [0.1, 0.15) is 11.5 Å². The van der Waals surface area contributed by atoms with Crippen LogP contribution in [-0.4, -0.2) is 67.4 Å². The number of nitrogens with zero attached hydrogens (tertiary/aromatic N) is 1. The van der Waals surface area contributed by atoms with Gasteiger partial charge >= 0.3 is 0 Å². The number of fused-ring (bicyclic) bond motifs is 8. The van der Waals surface area contributed by atoms with E-state index in [1.807, 2.05) is 72.8 Å².